The third-order valence-electron chi connectivity index (χ3n) is 7.05. The summed E-state index contributed by atoms with van der Waals surface area (Å²) >= 11 is 0. The van der Waals surface area contributed by atoms with Gasteiger partial charge in [0.1, 0.15) is 0 Å². The van der Waals surface area contributed by atoms with Gasteiger partial charge < -0.3 is 9.88 Å². The Hall–Kier alpha value is -2.95. The quantitative estimate of drug-likeness (QED) is 0.402. The first kappa shape index (κ1) is 24.2. The number of aryl methyl sites for hydroxylation is 1. The maximum absolute atomic E-state index is 13.9. The number of amides is 1. The highest BCUT2D eigenvalue weighted by Gasteiger charge is 2.40. The zero-order chi connectivity index (χ0) is 24.5. The summed E-state index contributed by atoms with van der Waals surface area (Å²) in [6, 6.07) is 10.5. The third-order valence-corrected chi connectivity index (χ3v) is 7.05. The van der Waals surface area contributed by atoms with Crippen LogP contribution in [-0.4, -0.2) is 39.6 Å². The van der Waals surface area contributed by atoms with Gasteiger partial charge in [-0.3, -0.25) is 9.79 Å². The summed E-state index contributed by atoms with van der Waals surface area (Å²) in [5.74, 6) is 0.521. The second-order valence-corrected chi connectivity index (χ2v) is 10.8. The average Bonchev–Trinajstić information content (AvgIpc) is 3.25. The van der Waals surface area contributed by atoms with E-state index in [-0.39, 0.29) is 17.4 Å². The maximum atomic E-state index is 13.9. The topological polar surface area (TPSA) is 61.4 Å². The molecule has 1 heterocycles. The minimum Gasteiger partial charge on any atom is -0.345 e. The molecule has 0 spiro atoms. The number of hydrogen-bond donors (Lipinski definition) is 1. The number of carbonyl (C=O) groups excluding carboxylic acids is 1. The molecule has 2 aromatic carbocycles. The molecule has 1 amide bonds. The largest absolute Gasteiger partial charge is 0.345 e. The molecule has 1 unspecified atom stereocenters. The molecule has 1 aliphatic carbocycles. The Labute approximate surface area is 203 Å². The molecular weight excluding hydrogens is 420 g/mol. The number of H-pyrrole nitrogens is 1. The van der Waals surface area contributed by atoms with E-state index >= 15 is 0 Å². The van der Waals surface area contributed by atoms with E-state index in [0.29, 0.717) is 5.92 Å². The molecule has 34 heavy (non-hydrogen) atoms. The summed E-state index contributed by atoms with van der Waals surface area (Å²) in [6.07, 6.45) is 7.56. The lowest BCUT2D eigenvalue weighted by Crippen LogP contribution is -2.52. The number of hydrogen-bond acceptors (Lipinski definition) is 3. The summed E-state index contributed by atoms with van der Waals surface area (Å²) in [7, 11) is 0. The Morgan fingerprint density at radius 3 is 2.79 bits per heavy atom. The lowest BCUT2D eigenvalue weighted by atomic mass is 9.69. The molecular formula is C29H38N4O. The van der Waals surface area contributed by atoms with Crippen LogP contribution < -0.4 is 0 Å². The zero-order valence-electron chi connectivity index (χ0n) is 21.5. The fourth-order valence-electron chi connectivity index (χ4n) is 5.11. The number of rotatable bonds is 7. The Balaban J connectivity index is 1.70. The summed E-state index contributed by atoms with van der Waals surface area (Å²) in [6.45, 7) is 14.0. The van der Waals surface area contributed by atoms with E-state index in [2.05, 4.69) is 68.5 Å². The number of aromatic nitrogens is 2. The Kier molecular flexibility index (Phi) is 6.92. The summed E-state index contributed by atoms with van der Waals surface area (Å²) < 4.78 is 0. The number of imidazole rings is 1. The van der Waals surface area contributed by atoms with Gasteiger partial charge in [-0.25, -0.2) is 4.98 Å². The monoisotopic (exact) mass is 458 g/mol. The van der Waals surface area contributed by atoms with Crippen LogP contribution in [0.15, 0.2) is 41.7 Å². The molecule has 180 valence electrons. The van der Waals surface area contributed by atoms with Crippen LogP contribution >= 0.6 is 0 Å². The predicted octanol–water partition coefficient (Wildman–Crippen LogP) is 6.67. The molecule has 5 nitrogen and oxygen atoms in total. The summed E-state index contributed by atoms with van der Waals surface area (Å²) in [5, 5.41) is 0. The second-order valence-electron chi connectivity index (χ2n) is 10.8. The minimum absolute atomic E-state index is 0.0242. The molecule has 0 fully saturated rings. The first-order valence-electron chi connectivity index (χ1n) is 12.6. The Morgan fingerprint density at radius 2 is 2.06 bits per heavy atom. The highest BCUT2D eigenvalue weighted by atomic mass is 16.2. The minimum atomic E-state index is -0.0242. The molecule has 0 radical (unpaired) electrons. The molecule has 1 aliphatic rings. The van der Waals surface area contributed by atoms with Gasteiger partial charge in [0, 0.05) is 24.4 Å². The molecule has 1 aromatic heterocycles. The first-order valence-corrected chi connectivity index (χ1v) is 12.6. The number of carbonyl (C=O) groups is 1. The average molecular weight is 459 g/mol. The van der Waals surface area contributed by atoms with E-state index < -0.39 is 0 Å². The van der Waals surface area contributed by atoms with Crippen LogP contribution in [0.3, 0.4) is 0 Å². The van der Waals surface area contributed by atoms with Gasteiger partial charge in [0.15, 0.2) is 0 Å². The highest BCUT2D eigenvalue weighted by molar-refractivity contribution is 5.97. The van der Waals surface area contributed by atoms with Crippen molar-refractivity contribution in [3.63, 3.8) is 0 Å². The van der Waals surface area contributed by atoms with Crippen molar-refractivity contribution in [1.29, 1.82) is 0 Å². The van der Waals surface area contributed by atoms with Gasteiger partial charge in [-0.1, -0.05) is 47.1 Å². The third kappa shape index (κ3) is 4.94. The molecule has 0 aliphatic heterocycles. The van der Waals surface area contributed by atoms with Crippen molar-refractivity contribution in [2.75, 3.05) is 6.54 Å². The molecule has 1 atom stereocenters. The number of aromatic amines is 1. The van der Waals surface area contributed by atoms with Crippen molar-refractivity contribution in [2.45, 2.75) is 73.3 Å². The van der Waals surface area contributed by atoms with Gasteiger partial charge in [-0.2, -0.15) is 0 Å². The lowest BCUT2D eigenvalue weighted by molar-refractivity contribution is 0.0452. The fourth-order valence-corrected chi connectivity index (χ4v) is 5.11. The molecule has 4 rings (SSSR count). The van der Waals surface area contributed by atoms with Gasteiger partial charge in [0.05, 0.1) is 23.0 Å². The molecule has 0 saturated carbocycles. The predicted molar refractivity (Wildman–Crippen MR) is 141 cm³/mol. The number of benzene rings is 2. The van der Waals surface area contributed by atoms with Gasteiger partial charge in [-0.15, -0.1) is 0 Å². The van der Waals surface area contributed by atoms with Crippen molar-refractivity contribution in [2.24, 2.45) is 16.3 Å². The van der Waals surface area contributed by atoms with E-state index in [0.717, 1.165) is 54.5 Å². The van der Waals surface area contributed by atoms with E-state index in [4.69, 9.17) is 4.99 Å². The molecule has 0 bridgehead atoms. The smallest absolute Gasteiger partial charge is 0.254 e. The SMILES string of the molecule is CCCCN(C(=O)c1ccc2nc[nH]c2c1)C1Cc2cc(N=CC(C)C)c(C)cc2CC1(C)C. The van der Waals surface area contributed by atoms with Gasteiger partial charge >= 0.3 is 0 Å². The standard InChI is InChI=1S/C29H38N4O/c1-7-8-11-33(28(34)21-9-10-24-26(13-21)32-18-31-24)27-15-22-14-25(30-17-19(2)3)20(4)12-23(22)16-29(27,5)6/h9-10,12-14,17-19,27H,7-8,11,15-16H2,1-6H3,(H,31,32). The molecule has 1 N–H and O–H groups in total. The van der Waals surface area contributed by atoms with Crippen molar-refractivity contribution in [3.05, 3.63) is 58.9 Å². The lowest BCUT2D eigenvalue weighted by Gasteiger charge is -2.46. The molecule has 5 heteroatoms. The normalized spacial score (nSPS) is 17.4. The second kappa shape index (κ2) is 9.73. The van der Waals surface area contributed by atoms with Crippen LogP contribution in [0, 0.1) is 18.3 Å². The van der Waals surface area contributed by atoms with Crippen LogP contribution in [0.25, 0.3) is 11.0 Å². The van der Waals surface area contributed by atoms with E-state index in [1.807, 2.05) is 24.4 Å². The molecule has 3 aromatic rings. The number of fused-ring (bicyclic) bond motifs is 2. The van der Waals surface area contributed by atoms with E-state index in [1.165, 1.54) is 16.7 Å². The van der Waals surface area contributed by atoms with Gasteiger partial charge in [-0.05, 0) is 78.5 Å². The Morgan fingerprint density at radius 1 is 1.26 bits per heavy atom. The first-order chi connectivity index (χ1) is 16.2. The Bertz CT molecular complexity index is 1200. The number of nitrogens with one attached hydrogen (secondary N) is 1. The van der Waals surface area contributed by atoms with Crippen LogP contribution in [0.5, 0.6) is 0 Å². The number of aliphatic imine (C=N–C) groups is 1. The maximum Gasteiger partial charge on any atom is 0.254 e. The van der Waals surface area contributed by atoms with Crippen LogP contribution in [-0.2, 0) is 12.8 Å². The van der Waals surface area contributed by atoms with E-state index in [1.54, 1.807) is 6.33 Å². The van der Waals surface area contributed by atoms with Crippen molar-refractivity contribution < 1.29 is 4.79 Å². The highest BCUT2D eigenvalue weighted by Crippen LogP contribution is 2.41. The number of unbranched alkanes of at least 4 members (excludes halogenated alkanes) is 1. The van der Waals surface area contributed by atoms with E-state index in [9.17, 15) is 4.79 Å². The van der Waals surface area contributed by atoms with Gasteiger partial charge in [0.2, 0.25) is 0 Å². The van der Waals surface area contributed by atoms with Crippen molar-refractivity contribution >= 4 is 28.8 Å². The van der Waals surface area contributed by atoms with Crippen molar-refractivity contribution in [1.82, 2.24) is 14.9 Å². The fraction of sp³-hybridized carbons (Fsp3) is 0.483. The van der Waals surface area contributed by atoms with Crippen LogP contribution in [0.1, 0.15) is 74.5 Å². The summed E-state index contributed by atoms with van der Waals surface area (Å²) in [5.41, 5.74) is 7.46. The van der Waals surface area contributed by atoms with Crippen LogP contribution in [0.2, 0.25) is 0 Å². The summed E-state index contributed by atoms with van der Waals surface area (Å²) in [4.78, 5) is 28.2. The van der Waals surface area contributed by atoms with Crippen LogP contribution in [0.4, 0.5) is 5.69 Å². The van der Waals surface area contributed by atoms with Gasteiger partial charge in [0.25, 0.3) is 5.91 Å². The zero-order valence-corrected chi connectivity index (χ0v) is 21.5. The van der Waals surface area contributed by atoms with Crippen molar-refractivity contribution in [3.8, 4) is 0 Å². The number of nitrogens with zero attached hydrogens (tertiary/aromatic N) is 3. The molecule has 0 saturated heterocycles.